The Balaban J connectivity index is 1.35. The van der Waals surface area contributed by atoms with Crippen LogP contribution in [0.15, 0.2) is 46.5 Å². The van der Waals surface area contributed by atoms with Gasteiger partial charge in [-0.05, 0) is 86.3 Å². The van der Waals surface area contributed by atoms with E-state index >= 15 is 0 Å². The maximum absolute atomic E-state index is 13.5. The second-order valence-corrected chi connectivity index (χ2v) is 18.2. The number of halogens is 1. The van der Waals surface area contributed by atoms with E-state index in [9.17, 15) is 4.57 Å². The molecule has 2 N–H and O–H groups in total. The van der Waals surface area contributed by atoms with E-state index in [1.54, 1.807) is 38.0 Å². The molecule has 49 heavy (non-hydrogen) atoms. The third-order valence-electron chi connectivity index (χ3n) is 9.36. The van der Waals surface area contributed by atoms with Gasteiger partial charge in [-0.1, -0.05) is 19.9 Å². The summed E-state index contributed by atoms with van der Waals surface area (Å²) in [6.45, 7) is 15.6. The lowest BCUT2D eigenvalue weighted by Gasteiger charge is -2.38. The van der Waals surface area contributed by atoms with E-state index in [0.717, 1.165) is 90.5 Å². The number of hydrogen-bond donors (Lipinski definition) is 2. The van der Waals surface area contributed by atoms with Gasteiger partial charge in [0, 0.05) is 79.5 Å². The summed E-state index contributed by atoms with van der Waals surface area (Å²) >= 11 is 5.21. The zero-order chi connectivity index (χ0) is 35.3. The average molecular weight is 770 g/mol. The first kappa shape index (κ1) is 37.2. The molecule has 3 heterocycles. The highest BCUT2D eigenvalue weighted by atomic mass is 79.9. The number of benzene rings is 2. The highest BCUT2D eigenvalue weighted by Gasteiger charge is 2.23. The molecule has 1 fully saturated rings. The van der Waals surface area contributed by atoms with E-state index in [1.807, 2.05) is 30.6 Å². The summed E-state index contributed by atoms with van der Waals surface area (Å²) in [5.74, 6) is 1.69. The standard InChI is InChI=1S/C36H50BrN8O2PS/c1-9-25-19-30(32(47-6)21-31(25)44(5)14-13-27(10-2)45-17-15-43(4)16-18-45)41-36-38-22-28(37)35(42-36)40-29-12-11-26(20-33(29)48(7,8)46)34-24(3)49-23-39-34/h11-12,19-23,27H,9-10,13-18H2,1-8H3,(H2,38,40,41,42). The largest absolute Gasteiger partial charge is 0.494 e. The van der Waals surface area contributed by atoms with Gasteiger partial charge in [0.05, 0.1) is 34.2 Å². The van der Waals surface area contributed by atoms with Gasteiger partial charge in [-0.2, -0.15) is 4.98 Å². The fourth-order valence-corrected chi connectivity index (χ4v) is 8.44. The summed E-state index contributed by atoms with van der Waals surface area (Å²) in [6.07, 6.45) is 4.85. The topological polar surface area (TPSA) is 98.7 Å². The molecule has 13 heteroatoms. The number of piperazine rings is 1. The number of nitrogens with zero attached hydrogens (tertiary/aromatic N) is 6. The van der Waals surface area contributed by atoms with Gasteiger partial charge in [-0.15, -0.1) is 11.3 Å². The summed E-state index contributed by atoms with van der Waals surface area (Å²) in [4.78, 5) is 22.5. The molecule has 1 aliphatic heterocycles. The SMILES string of the molecule is CCc1cc(Nc2ncc(Br)c(Nc3ccc(-c4ncsc4C)cc3P(C)(C)=O)n2)c(OC)cc1N(C)CCC(CC)N1CCN(C)CC1. The first-order valence-electron chi connectivity index (χ1n) is 16.9. The van der Waals surface area contributed by atoms with Crippen molar-refractivity contribution >= 4 is 68.5 Å². The molecule has 1 unspecified atom stereocenters. The number of ether oxygens (including phenoxy) is 1. The van der Waals surface area contributed by atoms with Gasteiger partial charge in [0.15, 0.2) is 0 Å². The average Bonchev–Trinajstić information content (AvgIpc) is 3.52. The molecule has 2 aromatic heterocycles. The van der Waals surface area contributed by atoms with Crippen molar-refractivity contribution in [1.29, 1.82) is 0 Å². The highest BCUT2D eigenvalue weighted by molar-refractivity contribution is 9.10. The Morgan fingerprint density at radius 1 is 1.08 bits per heavy atom. The summed E-state index contributed by atoms with van der Waals surface area (Å²) in [5.41, 5.74) is 7.61. The lowest BCUT2D eigenvalue weighted by atomic mass is 10.0. The van der Waals surface area contributed by atoms with E-state index in [2.05, 4.69) is 91.3 Å². The molecule has 0 aliphatic carbocycles. The molecular weight excluding hydrogens is 719 g/mol. The molecule has 4 aromatic rings. The third-order valence-corrected chi connectivity index (χ3v) is 12.2. The van der Waals surface area contributed by atoms with Gasteiger partial charge in [-0.25, -0.2) is 9.97 Å². The van der Waals surface area contributed by atoms with Crippen LogP contribution < -0.4 is 25.6 Å². The number of rotatable bonds is 14. The second-order valence-electron chi connectivity index (χ2n) is 13.1. The Bertz CT molecular complexity index is 1790. The van der Waals surface area contributed by atoms with Crippen molar-refractivity contribution in [3.05, 3.63) is 57.0 Å². The van der Waals surface area contributed by atoms with Crippen molar-refractivity contribution in [1.82, 2.24) is 24.8 Å². The van der Waals surface area contributed by atoms with Gasteiger partial charge in [0.1, 0.15) is 18.7 Å². The number of thiazole rings is 1. The summed E-state index contributed by atoms with van der Waals surface area (Å²) < 4.78 is 20.1. The molecule has 0 radical (unpaired) electrons. The van der Waals surface area contributed by atoms with E-state index in [4.69, 9.17) is 9.72 Å². The first-order valence-corrected chi connectivity index (χ1v) is 21.2. The molecule has 5 rings (SSSR count). The number of likely N-dealkylation sites (N-methyl/N-ethyl adjacent to an activating group) is 1. The second kappa shape index (κ2) is 16.3. The Labute approximate surface area is 304 Å². The minimum atomic E-state index is -2.66. The van der Waals surface area contributed by atoms with Crippen molar-refractivity contribution in [2.45, 2.75) is 46.1 Å². The molecule has 10 nitrogen and oxygen atoms in total. The van der Waals surface area contributed by atoms with Crippen molar-refractivity contribution in [2.75, 3.05) is 82.8 Å². The van der Waals surface area contributed by atoms with Crippen LogP contribution in [0.3, 0.4) is 0 Å². The minimum absolute atomic E-state index is 0.414. The zero-order valence-corrected chi connectivity index (χ0v) is 33.3. The third kappa shape index (κ3) is 9.02. The fourth-order valence-electron chi connectivity index (χ4n) is 6.39. The quantitative estimate of drug-likeness (QED) is 0.124. The van der Waals surface area contributed by atoms with E-state index in [0.29, 0.717) is 22.3 Å². The number of hydrogen-bond acceptors (Lipinski definition) is 11. The summed E-state index contributed by atoms with van der Waals surface area (Å²) in [6, 6.07) is 10.8. The van der Waals surface area contributed by atoms with Crippen molar-refractivity contribution < 1.29 is 9.30 Å². The summed E-state index contributed by atoms with van der Waals surface area (Å²) in [5, 5.41) is 7.56. The van der Waals surface area contributed by atoms with Gasteiger partial charge < -0.3 is 29.7 Å². The normalized spacial score (nSPS) is 14.9. The number of methoxy groups -OCH3 is 1. The Morgan fingerprint density at radius 3 is 2.47 bits per heavy atom. The number of aromatic nitrogens is 3. The fraction of sp³-hybridized carbons (Fsp3) is 0.472. The number of anilines is 5. The van der Waals surface area contributed by atoms with E-state index in [1.165, 1.54) is 11.3 Å². The molecular formula is C36H50BrN8O2PS. The van der Waals surface area contributed by atoms with Crippen LogP contribution in [-0.2, 0) is 11.0 Å². The molecule has 0 bridgehead atoms. The Hall–Kier alpha value is -3.02. The predicted octanol–water partition coefficient (Wildman–Crippen LogP) is 7.83. The molecule has 0 saturated carbocycles. The van der Waals surface area contributed by atoms with Crippen LogP contribution in [0.4, 0.5) is 28.8 Å². The first-order chi connectivity index (χ1) is 23.4. The summed E-state index contributed by atoms with van der Waals surface area (Å²) in [7, 11) is 3.42. The number of aryl methyl sites for hydroxylation is 2. The van der Waals surface area contributed by atoms with Gasteiger partial charge in [0.2, 0.25) is 5.95 Å². The van der Waals surface area contributed by atoms with Crippen molar-refractivity contribution in [3.8, 4) is 17.0 Å². The van der Waals surface area contributed by atoms with Crippen LogP contribution in [0.5, 0.6) is 5.75 Å². The molecule has 1 saturated heterocycles. The zero-order valence-electron chi connectivity index (χ0n) is 30.0. The lowest BCUT2D eigenvalue weighted by molar-refractivity contribution is 0.105. The molecule has 1 atom stereocenters. The molecule has 2 aromatic carbocycles. The monoisotopic (exact) mass is 768 g/mol. The molecule has 264 valence electrons. The van der Waals surface area contributed by atoms with Gasteiger partial charge >= 0.3 is 0 Å². The maximum atomic E-state index is 13.5. The van der Waals surface area contributed by atoms with Crippen LogP contribution in [0, 0.1) is 6.92 Å². The van der Waals surface area contributed by atoms with Crippen LogP contribution in [-0.4, -0.2) is 98.1 Å². The van der Waals surface area contributed by atoms with Gasteiger partial charge in [0.25, 0.3) is 0 Å². The van der Waals surface area contributed by atoms with E-state index in [-0.39, 0.29) is 0 Å². The highest BCUT2D eigenvalue weighted by Crippen LogP contribution is 2.41. The van der Waals surface area contributed by atoms with Crippen molar-refractivity contribution in [2.24, 2.45) is 0 Å². The number of nitrogens with one attached hydrogen (secondary N) is 2. The molecule has 0 spiro atoms. The van der Waals surface area contributed by atoms with Crippen LogP contribution in [0.1, 0.15) is 37.1 Å². The lowest BCUT2D eigenvalue weighted by Crippen LogP contribution is -2.49. The molecule has 1 aliphatic rings. The maximum Gasteiger partial charge on any atom is 0.229 e. The van der Waals surface area contributed by atoms with Crippen LogP contribution >= 0.6 is 34.4 Å². The Morgan fingerprint density at radius 2 is 1.84 bits per heavy atom. The molecule has 0 amide bonds. The Kier molecular flexibility index (Phi) is 12.4. The van der Waals surface area contributed by atoms with Crippen LogP contribution in [0.2, 0.25) is 0 Å². The smallest absolute Gasteiger partial charge is 0.229 e. The van der Waals surface area contributed by atoms with E-state index < -0.39 is 7.14 Å². The van der Waals surface area contributed by atoms with Crippen molar-refractivity contribution in [3.63, 3.8) is 0 Å². The van der Waals surface area contributed by atoms with Crippen LogP contribution in [0.25, 0.3) is 11.3 Å². The predicted molar refractivity (Wildman–Crippen MR) is 211 cm³/mol. The minimum Gasteiger partial charge on any atom is -0.494 e. The van der Waals surface area contributed by atoms with Gasteiger partial charge in [-0.3, -0.25) is 4.90 Å².